The lowest BCUT2D eigenvalue weighted by Gasteiger charge is -2.07. The van der Waals surface area contributed by atoms with Crippen molar-refractivity contribution in [3.8, 4) is 0 Å². The number of carbonyl (C=O) groups is 1. The molecule has 0 radical (unpaired) electrons. The molecule has 0 aliphatic rings. The van der Waals surface area contributed by atoms with Crippen LogP contribution in [0.1, 0.15) is 21.8 Å². The predicted octanol–water partition coefficient (Wildman–Crippen LogP) is 2.55. The first-order valence-corrected chi connectivity index (χ1v) is 7.97. The van der Waals surface area contributed by atoms with Crippen molar-refractivity contribution < 1.29 is 22.7 Å². The first kappa shape index (κ1) is 15.5. The van der Waals surface area contributed by atoms with Crippen LogP contribution in [0.4, 0.5) is 5.82 Å². The highest BCUT2D eigenvalue weighted by molar-refractivity contribution is 9.10. The standard InChI is InChI=1S/C12H11BrN2O5S/c1-6-3-7(2)14-10(4-6)15-21(18,19)9-5-8(12(16)17)20-11(9)13/h3-5H,1-2H3,(H,14,15)(H,16,17). The van der Waals surface area contributed by atoms with Crippen molar-refractivity contribution in [2.45, 2.75) is 18.7 Å². The smallest absolute Gasteiger partial charge is 0.371 e. The number of nitrogens with zero attached hydrogens (tertiary/aromatic N) is 1. The Balaban J connectivity index is 2.40. The van der Waals surface area contributed by atoms with Crippen molar-refractivity contribution in [3.05, 3.63) is 39.9 Å². The fraction of sp³-hybridized carbons (Fsp3) is 0.167. The molecular formula is C12H11BrN2O5S. The van der Waals surface area contributed by atoms with E-state index in [4.69, 9.17) is 9.52 Å². The Morgan fingerprint density at radius 3 is 2.52 bits per heavy atom. The Morgan fingerprint density at radius 2 is 2.00 bits per heavy atom. The van der Waals surface area contributed by atoms with Crippen LogP contribution >= 0.6 is 15.9 Å². The van der Waals surface area contributed by atoms with Crippen molar-refractivity contribution in [3.63, 3.8) is 0 Å². The highest BCUT2D eigenvalue weighted by Gasteiger charge is 2.25. The van der Waals surface area contributed by atoms with Gasteiger partial charge in [0.2, 0.25) is 5.76 Å². The van der Waals surface area contributed by atoms with Gasteiger partial charge in [0.05, 0.1) is 0 Å². The molecule has 0 aliphatic heterocycles. The first-order chi connectivity index (χ1) is 9.69. The minimum absolute atomic E-state index is 0.150. The van der Waals surface area contributed by atoms with Crippen LogP contribution in [0.25, 0.3) is 0 Å². The van der Waals surface area contributed by atoms with Crippen molar-refractivity contribution in [2.24, 2.45) is 0 Å². The Labute approximate surface area is 129 Å². The molecule has 0 unspecified atom stereocenters. The van der Waals surface area contributed by atoms with Crippen molar-refractivity contribution >= 4 is 37.7 Å². The normalized spacial score (nSPS) is 11.4. The van der Waals surface area contributed by atoms with E-state index >= 15 is 0 Å². The number of pyridine rings is 1. The maximum absolute atomic E-state index is 12.2. The monoisotopic (exact) mass is 374 g/mol. The molecule has 2 aromatic rings. The molecule has 2 N–H and O–H groups in total. The van der Waals surface area contributed by atoms with Gasteiger partial charge < -0.3 is 9.52 Å². The number of furan rings is 1. The van der Waals surface area contributed by atoms with Crippen molar-refractivity contribution in [2.75, 3.05) is 4.72 Å². The van der Waals surface area contributed by atoms with E-state index in [1.165, 1.54) is 0 Å². The Bertz CT molecular complexity index is 793. The van der Waals surface area contributed by atoms with Gasteiger partial charge in [-0.25, -0.2) is 18.2 Å². The number of sulfonamides is 1. The highest BCUT2D eigenvalue weighted by atomic mass is 79.9. The van der Waals surface area contributed by atoms with Gasteiger partial charge in [-0.15, -0.1) is 0 Å². The van der Waals surface area contributed by atoms with Gasteiger partial charge in [-0.3, -0.25) is 4.72 Å². The maximum Gasteiger partial charge on any atom is 0.371 e. The fourth-order valence-electron chi connectivity index (χ4n) is 1.73. The topological polar surface area (TPSA) is 110 Å². The maximum atomic E-state index is 12.2. The molecule has 21 heavy (non-hydrogen) atoms. The van der Waals surface area contributed by atoms with Gasteiger partial charge in [0.1, 0.15) is 10.7 Å². The largest absolute Gasteiger partial charge is 0.475 e. The zero-order valence-electron chi connectivity index (χ0n) is 11.0. The molecule has 0 atom stereocenters. The average Bonchev–Trinajstić information content (AvgIpc) is 2.70. The number of nitrogens with one attached hydrogen (secondary N) is 1. The summed E-state index contributed by atoms with van der Waals surface area (Å²) < 4.78 is 31.4. The summed E-state index contributed by atoms with van der Waals surface area (Å²) in [5.41, 5.74) is 1.50. The first-order valence-electron chi connectivity index (χ1n) is 5.70. The van der Waals surface area contributed by atoms with Crippen LogP contribution in [0.2, 0.25) is 0 Å². The summed E-state index contributed by atoms with van der Waals surface area (Å²) in [6.45, 7) is 3.55. The molecule has 0 bridgehead atoms. The predicted molar refractivity (Wildman–Crippen MR) is 77.9 cm³/mol. The average molecular weight is 375 g/mol. The zero-order valence-corrected chi connectivity index (χ0v) is 13.4. The van der Waals surface area contributed by atoms with Crippen LogP contribution in [-0.2, 0) is 10.0 Å². The third-order valence-electron chi connectivity index (χ3n) is 2.49. The molecule has 2 heterocycles. The molecule has 0 aromatic carbocycles. The van der Waals surface area contributed by atoms with E-state index < -0.39 is 21.8 Å². The molecule has 0 amide bonds. The van der Waals surface area contributed by atoms with Crippen molar-refractivity contribution in [1.29, 1.82) is 0 Å². The molecule has 0 saturated heterocycles. The summed E-state index contributed by atoms with van der Waals surface area (Å²) in [4.78, 5) is 14.6. The van der Waals surface area contributed by atoms with Crippen LogP contribution in [0, 0.1) is 13.8 Å². The van der Waals surface area contributed by atoms with Gasteiger partial charge in [0.25, 0.3) is 10.0 Å². The Morgan fingerprint density at radius 1 is 1.33 bits per heavy atom. The van der Waals surface area contributed by atoms with E-state index in [0.717, 1.165) is 11.6 Å². The number of aromatic carboxylic acids is 1. The molecule has 0 fully saturated rings. The summed E-state index contributed by atoms with van der Waals surface area (Å²) in [7, 11) is -4.01. The summed E-state index contributed by atoms with van der Waals surface area (Å²) in [6, 6.07) is 4.29. The minimum atomic E-state index is -4.01. The minimum Gasteiger partial charge on any atom is -0.475 e. The summed E-state index contributed by atoms with van der Waals surface area (Å²) in [6.07, 6.45) is 0. The number of halogens is 1. The molecule has 0 saturated carbocycles. The van der Waals surface area contributed by atoms with Gasteiger partial charge >= 0.3 is 5.97 Å². The number of anilines is 1. The highest BCUT2D eigenvalue weighted by Crippen LogP contribution is 2.27. The second-order valence-corrected chi connectivity index (χ2v) is 6.70. The number of aryl methyl sites for hydroxylation is 2. The van der Waals surface area contributed by atoms with Gasteiger partial charge in [0.15, 0.2) is 4.67 Å². The molecule has 112 valence electrons. The van der Waals surface area contributed by atoms with E-state index in [2.05, 4.69) is 25.6 Å². The molecule has 9 heteroatoms. The van der Waals surface area contributed by atoms with E-state index in [-0.39, 0.29) is 15.4 Å². The summed E-state index contributed by atoms with van der Waals surface area (Å²) in [5, 5.41) is 8.81. The molecule has 0 aliphatic carbocycles. The Kier molecular flexibility index (Phi) is 4.06. The molecule has 2 rings (SSSR count). The number of carboxylic acids is 1. The SMILES string of the molecule is Cc1cc(C)nc(NS(=O)(=O)c2cc(C(=O)O)oc2Br)c1. The van der Waals surface area contributed by atoms with E-state index in [1.54, 1.807) is 19.1 Å². The van der Waals surface area contributed by atoms with Gasteiger partial charge in [-0.2, -0.15) is 0 Å². The molecule has 2 aromatic heterocycles. The van der Waals surface area contributed by atoms with Crippen molar-refractivity contribution in [1.82, 2.24) is 4.98 Å². The number of carboxylic acid groups (broad SMARTS) is 1. The van der Waals surface area contributed by atoms with E-state index in [9.17, 15) is 13.2 Å². The lowest BCUT2D eigenvalue weighted by atomic mass is 10.2. The van der Waals surface area contributed by atoms with Crippen LogP contribution < -0.4 is 4.72 Å². The summed E-state index contributed by atoms with van der Waals surface area (Å²) >= 11 is 2.89. The van der Waals surface area contributed by atoms with E-state index in [0.29, 0.717) is 5.69 Å². The fourth-order valence-corrected chi connectivity index (χ4v) is 3.66. The number of hydrogen-bond acceptors (Lipinski definition) is 5. The van der Waals surface area contributed by atoms with Gasteiger partial charge in [0, 0.05) is 11.8 Å². The lowest BCUT2D eigenvalue weighted by Crippen LogP contribution is -2.14. The Hall–Kier alpha value is -1.87. The zero-order chi connectivity index (χ0) is 15.8. The molecule has 7 nitrogen and oxygen atoms in total. The van der Waals surface area contributed by atoms with Crippen LogP contribution in [0.5, 0.6) is 0 Å². The third-order valence-corrected chi connectivity index (χ3v) is 4.70. The number of aromatic nitrogens is 1. The van der Waals surface area contributed by atoms with Gasteiger partial charge in [-0.1, -0.05) is 0 Å². The lowest BCUT2D eigenvalue weighted by molar-refractivity contribution is 0.0661. The second-order valence-electron chi connectivity index (χ2n) is 4.33. The van der Waals surface area contributed by atoms with Crippen LogP contribution in [0.3, 0.4) is 0 Å². The van der Waals surface area contributed by atoms with Crippen LogP contribution in [-0.4, -0.2) is 24.5 Å². The molecule has 0 spiro atoms. The second kappa shape index (κ2) is 5.49. The summed E-state index contributed by atoms with van der Waals surface area (Å²) in [5.74, 6) is -1.69. The van der Waals surface area contributed by atoms with E-state index in [1.807, 2.05) is 6.92 Å². The van der Waals surface area contributed by atoms with Gasteiger partial charge in [-0.05, 0) is 47.5 Å². The number of rotatable bonds is 4. The molecular weight excluding hydrogens is 364 g/mol. The van der Waals surface area contributed by atoms with Crippen LogP contribution in [0.15, 0.2) is 32.2 Å². The third kappa shape index (κ3) is 3.42. The number of hydrogen-bond donors (Lipinski definition) is 2. The quantitative estimate of drug-likeness (QED) is 0.850.